The second-order valence-corrected chi connectivity index (χ2v) is 5.40. The second-order valence-electron chi connectivity index (χ2n) is 2.63. The molecule has 1 aromatic rings. The van der Waals surface area contributed by atoms with E-state index in [1.165, 1.54) is 0 Å². The Kier molecular flexibility index (Phi) is 15.1. The van der Waals surface area contributed by atoms with Gasteiger partial charge >= 0.3 is 0 Å². The van der Waals surface area contributed by atoms with E-state index in [-0.39, 0.29) is 0 Å². The Balaban J connectivity index is 0. The Bertz CT molecular complexity index is 315. The van der Waals surface area contributed by atoms with E-state index in [9.17, 15) is 4.79 Å². The first-order chi connectivity index (χ1) is 8.13. The molecule has 0 spiro atoms. The van der Waals surface area contributed by atoms with Crippen LogP contribution in [0, 0.1) is 0 Å². The molecule has 0 heterocycles. The predicted molar refractivity (Wildman–Crippen MR) is 81.9 cm³/mol. The van der Waals surface area contributed by atoms with E-state index in [0.717, 1.165) is 15.2 Å². The van der Waals surface area contributed by atoms with Gasteiger partial charge in [0.1, 0.15) is 6.29 Å². The highest BCUT2D eigenvalue weighted by Crippen LogP contribution is 2.17. The summed E-state index contributed by atoms with van der Waals surface area (Å²) in [6, 6.07) is 7.32. The molecular weight excluding hydrogens is 348 g/mol. The topological polar surface area (TPSA) is 26.3 Å². The Labute approximate surface area is 120 Å². The van der Waals surface area contributed by atoms with Gasteiger partial charge in [0, 0.05) is 19.8 Å². The fourth-order valence-electron chi connectivity index (χ4n) is 0.797. The zero-order chi connectivity index (χ0) is 13.7. The average molecular weight is 366 g/mol. The molecule has 0 aliphatic rings. The van der Waals surface area contributed by atoms with Gasteiger partial charge in [-0.25, -0.2) is 0 Å². The van der Waals surface area contributed by atoms with Crippen LogP contribution < -0.4 is 0 Å². The summed E-state index contributed by atoms with van der Waals surface area (Å²) in [5.41, 5.74) is 1.74. The molecule has 0 amide bonds. The Morgan fingerprint density at radius 2 is 1.41 bits per heavy atom. The zero-order valence-electron chi connectivity index (χ0n) is 10.5. The van der Waals surface area contributed by atoms with Gasteiger partial charge in [0.15, 0.2) is 0 Å². The summed E-state index contributed by atoms with van der Waals surface area (Å²) in [5, 5.41) is 0. The van der Waals surface area contributed by atoms with Crippen molar-refractivity contribution in [2.45, 2.75) is 13.8 Å². The summed E-state index contributed by atoms with van der Waals surface area (Å²) in [4.78, 5) is 10.3. The van der Waals surface area contributed by atoms with Crippen LogP contribution in [-0.2, 0) is 4.74 Å². The van der Waals surface area contributed by atoms with E-state index in [2.05, 4.69) is 36.6 Å². The quantitative estimate of drug-likeness (QED) is 0.698. The maximum absolute atomic E-state index is 10.3. The van der Waals surface area contributed by atoms with Gasteiger partial charge in [-0.15, -0.1) is 0 Å². The maximum atomic E-state index is 10.3. The fraction of sp³-hybridized carbons (Fsp3) is 0.308. The highest BCUT2D eigenvalue weighted by molar-refractivity contribution is 9.28. The smallest absolute Gasteiger partial charge is 0.150 e. The lowest BCUT2D eigenvalue weighted by atomic mass is 10.1. The van der Waals surface area contributed by atoms with Crippen LogP contribution in [0.2, 0.25) is 0 Å². The van der Waals surface area contributed by atoms with Crippen LogP contribution in [-0.4, -0.2) is 20.5 Å². The van der Waals surface area contributed by atoms with Crippen LogP contribution in [0.4, 0.5) is 0 Å². The van der Waals surface area contributed by atoms with Gasteiger partial charge in [-0.3, -0.25) is 4.79 Å². The SMILES string of the molecule is CC.COC.O=Cc1ccc(C=C(Br)Br)cc1. The van der Waals surface area contributed by atoms with Gasteiger partial charge in [-0.1, -0.05) is 38.1 Å². The molecule has 0 N–H and O–H groups in total. The first-order valence-corrected chi connectivity index (χ1v) is 6.70. The Morgan fingerprint density at radius 3 is 1.71 bits per heavy atom. The number of carbonyl (C=O) groups is 1. The van der Waals surface area contributed by atoms with E-state index in [4.69, 9.17) is 0 Å². The molecule has 4 heteroatoms. The predicted octanol–water partition coefficient (Wildman–Crippen LogP) is 4.88. The normalized spacial score (nSPS) is 7.88. The van der Waals surface area contributed by atoms with Crippen molar-refractivity contribution < 1.29 is 9.53 Å². The molecule has 0 saturated carbocycles. The highest BCUT2D eigenvalue weighted by atomic mass is 79.9. The van der Waals surface area contributed by atoms with Crippen LogP contribution in [0.5, 0.6) is 0 Å². The first-order valence-electron chi connectivity index (χ1n) is 5.12. The van der Waals surface area contributed by atoms with Crippen molar-refractivity contribution in [3.8, 4) is 0 Å². The van der Waals surface area contributed by atoms with Crippen LogP contribution in [0.25, 0.3) is 6.08 Å². The summed E-state index contributed by atoms with van der Waals surface area (Å²) in [7, 11) is 3.25. The Hall–Kier alpha value is -0.450. The number of methoxy groups -OCH3 is 1. The number of aldehydes is 1. The first kappa shape index (κ1) is 18.9. The summed E-state index contributed by atoms with van der Waals surface area (Å²) in [6.07, 6.45) is 2.74. The molecule has 2 nitrogen and oxygen atoms in total. The van der Waals surface area contributed by atoms with Crippen LogP contribution in [0.1, 0.15) is 29.8 Å². The van der Waals surface area contributed by atoms with Crippen molar-refractivity contribution in [3.63, 3.8) is 0 Å². The standard InChI is InChI=1S/C9H6Br2O.C2H6O.C2H6/c10-9(11)5-7-1-3-8(6-12)4-2-7;1-3-2;1-2/h1-6H;1-2H3;1-2H3. The van der Waals surface area contributed by atoms with Gasteiger partial charge in [0.2, 0.25) is 0 Å². The van der Waals surface area contributed by atoms with E-state index in [0.29, 0.717) is 5.56 Å². The minimum Gasteiger partial charge on any atom is -0.388 e. The van der Waals surface area contributed by atoms with Crippen molar-refractivity contribution in [2.75, 3.05) is 14.2 Å². The van der Waals surface area contributed by atoms with Crippen LogP contribution in [0.15, 0.2) is 27.7 Å². The number of benzene rings is 1. The highest BCUT2D eigenvalue weighted by Gasteiger charge is 1.90. The van der Waals surface area contributed by atoms with Gasteiger partial charge in [0.25, 0.3) is 0 Å². The molecule has 0 atom stereocenters. The van der Waals surface area contributed by atoms with Gasteiger partial charge < -0.3 is 4.74 Å². The largest absolute Gasteiger partial charge is 0.388 e. The van der Waals surface area contributed by atoms with Gasteiger partial charge in [-0.05, 0) is 43.5 Å². The van der Waals surface area contributed by atoms with E-state index < -0.39 is 0 Å². The number of hydrogen-bond donors (Lipinski definition) is 0. The lowest BCUT2D eigenvalue weighted by Crippen LogP contribution is -1.78. The molecule has 96 valence electrons. The van der Waals surface area contributed by atoms with E-state index in [1.54, 1.807) is 26.4 Å². The number of halogens is 2. The van der Waals surface area contributed by atoms with Crippen molar-refractivity contribution in [1.82, 2.24) is 0 Å². The molecule has 0 unspecified atom stereocenters. The fourth-order valence-corrected chi connectivity index (χ4v) is 1.33. The average Bonchev–Trinajstić information content (AvgIpc) is 2.33. The van der Waals surface area contributed by atoms with Crippen molar-refractivity contribution in [3.05, 3.63) is 38.8 Å². The number of carbonyl (C=O) groups excluding carboxylic acids is 1. The molecule has 0 aliphatic heterocycles. The Morgan fingerprint density at radius 1 is 1.06 bits per heavy atom. The third-order valence-electron chi connectivity index (χ3n) is 1.35. The minimum atomic E-state index is 0.692. The van der Waals surface area contributed by atoms with Gasteiger partial charge in [-0.2, -0.15) is 0 Å². The minimum absolute atomic E-state index is 0.692. The number of rotatable bonds is 2. The molecule has 1 rings (SSSR count). The third kappa shape index (κ3) is 11.8. The van der Waals surface area contributed by atoms with Gasteiger partial charge in [0.05, 0.1) is 3.39 Å². The van der Waals surface area contributed by atoms with Crippen LogP contribution in [0.3, 0.4) is 0 Å². The van der Waals surface area contributed by atoms with Crippen LogP contribution >= 0.6 is 31.9 Å². The third-order valence-corrected chi connectivity index (χ3v) is 1.81. The lowest BCUT2D eigenvalue weighted by Gasteiger charge is -1.93. The maximum Gasteiger partial charge on any atom is 0.150 e. The molecule has 17 heavy (non-hydrogen) atoms. The van der Waals surface area contributed by atoms with Crippen molar-refractivity contribution >= 4 is 44.2 Å². The zero-order valence-corrected chi connectivity index (χ0v) is 13.7. The lowest BCUT2D eigenvalue weighted by molar-refractivity contribution is 0.112. The number of hydrogen-bond acceptors (Lipinski definition) is 2. The molecule has 0 bridgehead atoms. The monoisotopic (exact) mass is 364 g/mol. The molecule has 0 aliphatic carbocycles. The second kappa shape index (κ2) is 13.6. The van der Waals surface area contributed by atoms with E-state index in [1.807, 2.05) is 32.1 Å². The van der Waals surface area contributed by atoms with Crippen molar-refractivity contribution in [2.24, 2.45) is 0 Å². The summed E-state index contributed by atoms with van der Waals surface area (Å²) >= 11 is 6.51. The summed E-state index contributed by atoms with van der Waals surface area (Å²) in [5.74, 6) is 0. The molecule has 0 radical (unpaired) electrons. The molecule has 1 aromatic carbocycles. The summed E-state index contributed by atoms with van der Waals surface area (Å²) in [6.45, 7) is 4.00. The molecule has 0 saturated heterocycles. The summed E-state index contributed by atoms with van der Waals surface area (Å²) < 4.78 is 5.13. The molecule has 0 aromatic heterocycles. The van der Waals surface area contributed by atoms with Crippen molar-refractivity contribution in [1.29, 1.82) is 0 Å². The van der Waals surface area contributed by atoms with E-state index >= 15 is 0 Å². The molecular formula is C13H18Br2O2. The molecule has 0 fully saturated rings. The number of ether oxygens (including phenoxy) is 1.